The molecule has 2 aromatic heterocycles. The molecule has 0 fully saturated rings. The van der Waals surface area contributed by atoms with Crippen molar-refractivity contribution in [3.63, 3.8) is 0 Å². The van der Waals surface area contributed by atoms with Gasteiger partial charge in [-0.3, -0.25) is 4.90 Å². The van der Waals surface area contributed by atoms with E-state index in [4.69, 9.17) is 9.26 Å². The Labute approximate surface area is 139 Å². The summed E-state index contributed by atoms with van der Waals surface area (Å²) in [5.41, 5.74) is 2.21. The van der Waals surface area contributed by atoms with Crippen molar-refractivity contribution in [1.29, 1.82) is 0 Å². The Kier molecular flexibility index (Phi) is 4.73. The van der Waals surface area contributed by atoms with Crippen LogP contribution in [0.5, 0.6) is 5.75 Å². The maximum absolute atomic E-state index is 5.37. The third-order valence-electron chi connectivity index (χ3n) is 3.58. The molecule has 0 bridgehead atoms. The SMILES string of the molecule is COc1cccc(-c2noc(CN(C)Cc3sccc3C)n2)c1. The third-order valence-corrected chi connectivity index (χ3v) is 4.59. The Bertz CT molecular complexity index is 782. The van der Waals surface area contributed by atoms with Crippen molar-refractivity contribution in [2.75, 3.05) is 14.2 Å². The fourth-order valence-electron chi connectivity index (χ4n) is 2.30. The average Bonchev–Trinajstić information content (AvgIpc) is 3.17. The van der Waals surface area contributed by atoms with Gasteiger partial charge in [0.15, 0.2) is 0 Å². The summed E-state index contributed by atoms with van der Waals surface area (Å²) < 4.78 is 10.6. The topological polar surface area (TPSA) is 51.4 Å². The molecule has 2 heterocycles. The number of thiophene rings is 1. The van der Waals surface area contributed by atoms with Crippen LogP contribution in [0.2, 0.25) is 0 Å². The van der Waals surface area contributed by atoms with Crippen molar-refractivity contribution >= 4 is 11.3 Å². The minimum Gasteiger partial charge on any atom is -0.497 e. The molecule has 0 saturated carbocycles. The molecule has 0 aliphatic rings. The van der Waals surface area contributed by atoms with Gasteiger partial charge in [-0.05, 0) is 43.1 Å². The molecule has 3 aromatic rings. The van der Waals surface area contributed by atoms with Gasteiger partial charge in [-0.25, -0.2) is 0 Å². The lowest BCUT2D eigenvalue weighted by atomic mass is 10.2. The van der Waals surface area contributed by atoms with Crippen LogP contribution < -0.4 is 4.74 Å². The minimum atomic E-state index is 0.583. The average molecular weight is 329 g/mol. The number of aromatic nitrogens is 2. The molecule has 0 radical (unpaired) electrons. The Morgan fingerprint density at radius 2 is 2.13 bits per heavy atom. The van der Waals surface area contributed by atoms with E-state index in [1.807, 2.05) is 24.3 Å². The van der Waals surface area contributed by atoms with Gasteiger partial charge in [-0.1, -0.05) is 17.3 Å². The van der Waals surface area contributed by atoms with E-state index in [9.17, 15) is 0 Å². The molecule has 0 N–H and O–H groups in total. The van der Waals surface area contributed by atoms with Crippen LogP contribution in [0.1, 0.15) is 16.3 Å². The number of benzene rings is 1. The number of hydrogen-bond donors (Lipinski definition) is 0. The van der Waals surface area contributed by atoms with Crippen LogP contribution in [0.15, 0.2) is 40.2 Å². The third kappa shape index (κ3) is 3.78. The summed E-state index contributed by atoms with van der Waals surface area (Å²) in [7, 11) is 3.69. The molecule has 120 valence electrons. The first kappa shape index (κ1) is 15.7. The molecule has 5 nitrogen and oxygen atoms in total. The predicted molar refractivity (Wildman–Crippen MR) is 90.5 cm³/mol. The first-order valence-electron chi connectivity index (χ1n) is 7.34. The number of hydrogen-bond acceptors (Lipinski definition) is 6. The number of rotatable bonds is 6. The monoisotopic (exact) mass is 329 g/mol. The fraction of sp³-hybridized carbons (Fsp3) is 0.294. The van der Waals surface area contributed by atoms with Gasteiger partial charge in [-0.2, -0.15) is 4.98 Å². The Hall–Kier alpha value is -2.18. The maximum atomic E-state index is 5.37. The zero-order chi connectivity index (χ0) is 16.2. The summed E-state index contributed by atoms with van der Waals surface area (Å²) >= 11 is 1.77. The molecular weight excluding hydrogens is 310 g/mol. The highest BCUT2D eigenvalue weighted by Gasteiger charge is 2.12. The fourth-order valence-corrected chi connectivity index (χ4v) is 3.28. The van der Waals surface area contributed by atoms with Gasteiger partial charge in [-0.15, -0.1) is 11.3 Å². The van der Waals surface area contributed by atoms with Gasteiger partial charge in [0.1, 0.15) is 5.75 Å². The van der Waals surface area contributed by atoms with Crippen molar-refractivity contribution in [1.82, 2.24) is 15.0 Å². The smallest absolute Gasteiger partial charge is 0.241 e. The van der Waals surface area contributed by atoms with E-state index in [0.29, 0.717) is 18.3 Å². The van der Waals surface area contributed by atoms with Gasteiger partial charge < -0.3 is 9.26 Å². The Morgan fingerprint density at radius 1 is 1.26 bits per heavy atom. The van der Waals surface area contributed by atoms with Gasteiger partial charge in [0.2, 0.25) is 11.7 Å². The lowest BCUT2D eigenvalue weighted by Gasteiger charge is -2.13. The highest BCUT2D eigenvalue weighted by molar-refractivity contribution is 7.10. The van der Waals surface area contributed by atoms with E-state index in [1.165, 1.54) is 10.4 Å². The number of aryl methyl sites for hydroxylation is 1. The highest BCUT2D eigenvalue weighted by Crippen LogP contribution is 2.22. The van der Waals surface area contributed by atoms with Crippen molar-refractivity contribution < 1.29 is 9.26 Å². The van der Waals surface area contributed by atoms with E-state index >= 15 is 0 Å². The zero-order valence-electron chi connectivity index (χ0n) is 13.4. The van der Waals surface area contributed by atoms with E-state index in [-0.39, 0.29) is 0 Å². The van der Waals surface area contributed by atoms with Crippen LogP contribution in [-0.2, 0) is 13.1 Å². The van der Waals surface area contributed by atoms with Crippen molar-refractivity contribution in [3.8, 4) is 17.1 Å². The molecule has 3 rings (SSSR count). The van der Waals surface area contributed by atoms with Crippen molar-refractivity contribution in [3.05, 3.63) is 52.0 Å². The Morgan fingerprint density at radius 3 is 2.87 bits per heavy atom. The number of methoxy groups -OCH3 is 1. The van der Waals surface area contributed by atoms with Crippen molar-refractivity contribution in [2.45, 2.75) is 20.0 Å². The molecule has 0 spiro atoms. The largest absolute Gasteiger partial charge is 0.497 e. The molecule has 0 saturated heterocycles. The standard InChI is InChI=1S/C17H19N3O2S/c1-12-7-8-23-15(12)10-20(2)11-16-18-17(19-22-16)13-5-4-6-14(9-13)21-3/h4-9H,10-11H2,1-3H3. The van der Waals surface area contributed by atoms with Crippen LogP contribution in [0.3, 0.4) is 0 Å². The second-order valence-corrected chi connectivity index (χ2v) is 6.44. The molecule has 0 unspecified atom stereocenters. The van der Waals surface area contributed by atoms with Gasteiger partial charge in [0, 0.05) is 17.0 Å². The van der Waals surface area contributed by atoms with E-state index in [0.717, 1.165) is 17.9 Å². The second-order valence-electron chi connectivity index (χ2n) is 5.44. The molecule has 6 heteroatoms. The first-order valence-corrected chi connectivity index (χ1v) is 8.22. The van der Waals surface area contributed by atoms with Crippen LogP contribution >= 0.6 is 11.3 Å². The number of ether oxygens (including phenoxy) is 1. The summed E-state index contributed by atoms with van der Waals surface area (Å²) in [6.45, 7) is 3.63. The Balaban J connectivity index is 1.68. The van der Waals surface area contributed by atoms with E-state index in [1.54, 1.807) is 18.4 Å². The van der Waals surface area contributed by atoms with Crippen LogP contribution in [0.25, 0.3) is 11.4 Å². The molecule has 0 amide bonds. The summed E-state index contributed by atoms with van der Waals surface area (Å²) in [5, 5.41) is 6.18. The van der Waals surface area contributed by atoms with Crippen LogP contribution in [0.4, 0.5) is 0 Å². The lowest BCUT2D eigenvalue weighted by molar-refractivity contribution is 0.262. The first-order chi connectivity index (χ1) is 11.2. The molecule has 0 atom stereocenters. The van der Waals surface area contributed by atoms with E-state index in [2.05, 4.69) is 40.5 Å². The van der Waals surface area contributed by atoms with Gasteiger partial charge >= 0.3 is 0 Å². The second kappa shape index (κ2) is 6.93. The molecule has 0 aliphatic carbocycles. The molecular formula is C17H19N3O2S. The maximum Gasteiger partial charge on any atom is 0.241 e. The zero-order valence-corrected chi connectivity index (χ0v) is 14.3. The highest BCUT2D eigenvalue weighted by atomic mass is 32.1. The normalized spacial score (nSPS) is 11.1. The summed E-state index contributed by atoms with van der Waals surface area (Å²) in [6, 6.07) is 9.78. The molecule has 0 aliphatic heterocycles. The summed E-state index contributed by atoms with van der Waals surface area (Å²) in [6.07, 6.45) is 0. The summed E-state index contributed by atoms with van der Waals surface area (Å²) in [5.74, 6) is 1.97. The van der Waals surface area contributed by atoms with E-state index < -0.39 is 0 Å². The van der Waals surface area contributed by atoms with Crippen LogP contribution in [-0.4, -0.2) is 29.2 Å². The predicted octanol–water partition coefficient (Wildman–Crippen LogP) is 3.75. The quantitative estimate of drug-likeness (QED) is 0.689. The number of nitrogens with zero attached hydrogens (tertiary/aromatic N) is 3. The van der Waals surface area contributed by atoms with Gasteiger partial charge in [0.25, 0.3) is 0 Å². The molecule has 1 aromatic carbocycles. The van der Waals surface area contributed by atoms with Gasteiger partial charge in [0.05, 0.1) is 13.7 Å². The van der Waals surface area contributed by atoms with Crippen LogP contribution in [0, 0.1) is 6.92 Å². The lowest BCUT2D eigenvalue weighted by Crippen LogP contribution is -2.17. The minimum absolute atomic E-state index is 0.583. The van der Waals surface area contributed by atoms with Crippen molar-refractivity contribution in [2.24, 2.45) is 0 Å². The molecule has 23 heavy (non-hydrogen) atoms. The summed E-state index contributed by atoms with van der Waals surface area (Å²) in [4.78, 5) is 8.01.